The van der Waals surface area contributed by atoms with E-state index in [-0.39, 0.29) is 23.9 Å². The van der Waals surface area contributed by atoms with Gasteiger partial charge in [0.15, 0.2) is 5.78 Å². The fourth-order valence-electron chi connectivity index (χ4n) is 4.10. The maximum absolute atomic E-state index is 12.7. The molecule has 1 atom stereocenters. The van der Waals surface area contributed by atoms with E-state index in [1.54, 1.807) is 25.1 Å². The van der Waals surface area contributed by atoms with Crippen LogP contribution in [-0.4, -0.2) is 52.4 Å². The molecule has 1 N–H and O–H groups in total. The molecule has 8 heteroatoms. The van der Waals surface area contributed by atoms with Crippen LogP contribution in [0.15, 0.2) is 29.8 Å². The molecule has 0 spiro atoms. The van der Waals surface area contributed by atoms with Gasteiger partial charge in [-0.15, -0.1) is 0 Å². The first-order valence-corrected chi connectivity index (χ1v) is 10.2. The zero-order valence-corrected chi connectivity index (χ0v) is 16.8. The molecular weight excluding hydrogens is 386 g/mol. The lowest BCUT2D eigenvalue weighted by Crippen LogP contribution is -2.37. The number of urea groups is 1. The van der Waals surface area contributed by atoms with E-state index in [4.69, 9.17) is 0 Å². The first-order chi connectivity index (χ1) is 14.4. The normalized spacial score (nSPS) is 21.1. The molecule has 2 aliphatic heterocycles. The summed E-state index contributed by atoms with van der Waals surface area (Å²) >= 11 is 0. The van der Waals surface area contributed by atoms with Gasteiger partial charge >= 0.3 is 17.8 Å². The van der Waals surface area contributed by atoms with Crippen LogP contribution in [0.1, 0.15) is 60.9 Å². The molecule has 0 radical (unpaired) electrons. The number of nitrogens with one attached hydrogen (secondary N) is 1. The van der Waals surface area contributed by atoms with Gasteiger partial charge in [0, 0.05) is 17.8 Å². The van der Waals surface area contributed by atoms with Gasteiger partial charge in [0.05, 0.1) is 12.5 Å². The molecule has 4 rings (SSSR count). The fraction of sp³-hybridized carbons (Fsp3) is 0.409. The lowest BCUT2D eigenvalue weighted by atomic mass is 9.97. The number of anilines is 1. The smallest absolute Gasteiger partial charge is 0.325 e. The highest BCUT2D eigenvalue weighted by molar-refractivity contribution is 6.45. The monoisotopic (exact) mass is 409 g/mol. The van der Waals surface area contributed by atoms with Crippen LogP contribution in [0, 0.1) is 0 Å². The summed E-state index contributed by atoms with van der Waals surface area (Å²) in [5, 5.41) is 2.73. The summed E-state index contributed by atoms with van der Waals surface area (Å²) in [5.74, 6) is -2.85. The Morgan fingerprint density at radius 2 is 1.87 bits per heavy atom. The van der Waals surface area contributed by atoms with Crippen molar-refractivity contribution in [3.8, 4) is 0 Å². The Bertz CT molecular complexity index is 996. The van der Waals surface area contributed by atoms with E-state index in [1.165, 1.54) is 5.57 Å². The number of Topliss-reactive ketones (excluding diaryl/α,β-unsaturated/α-hetero) is 1. The summed E-state index contributed by atoms with van der Waals surface area (Å²) in [5.41, 5.74) is 2.83. The quantitative estimate of drug-likeness (QED) is 0.337. The second-order valence-corrected chi connectivity index (χ2v) is 7.92. The van der Waals surface area contributed by atoms with Crippen molar-refractivity contribution in [3.05, 3.63) is 41.0 Å². The van der Waals surface area contributed by atoms with Gasteiger partial charge in [-0.2, -0.15) is 0 Å². The van der Waals surface area contributed by atoms with E-state index in [0.29, 0.717) is 22.6 Å². The predicted octanol–water partition coefficient (Wildman–Crippen LogP) is 2.61. The highest BCUT2D eigenvalue weighted by Crippen LogP contribution is 2.33. The molecule has 1 saturated heterocycles. The molecule has 0 aromatic heterocycles. The third kappa shape index (κ3) is 3.53. The molecule has 5 amide bonds. The van der Waals surface area contributed by atoms with Crippen molar-refractivity contribution in [2.75, 3.05) is 18.4 Å². The first kappa shape index (κ1) is 20.0. The number of rotatable bonds is 6. The average molecular weight is 409 g/mol. The summed E-state index contributed by atoms with van der Waals surface area (Å²) in [6.07, 6.45) is 6.86. The number of amides is 5. The number of carbonyl (C=O) groups is 5. The maximum Gasteiger partial charge on any atom is 0.334 e. The molecule has 0 saturated carbocycles. The Kier molecular flexibility index (Phi) is 5.24. The van der Waals surface area contributed by atoms with E-state index in [9.17, 15) is 24.0 Å². The molecule has 156 valence electrons. The standard InChI is InChI=1S/C22H23N3O5/c1-13-16-11-15(7-8-17(16)23-19(13)27)18(26)12-25-21(29)20(28)24(22(25)30)10-9-14-5-3-2-4-6-14/h5,7-8,11,13H,2-4,6,9-10,12H2,1H3,(H,23,27)/t13-/m1/s1. The predicted molar refractivity (Wildman–Crippen MR) is 108 cm³/mol. The zero-order chi connectivity index (χ0) is 21.4. The number of benzene rings is 1. The number of carbonyl (C=O) groups excluding carboxylic acids is 5. The number of imide groups is 2. The van der Waals surface area contributed by atoms with E-state index in [2.05, 4.69) is 11.4 Å². The largest absolute Gasteiger partial charge is 0.334 e. The summed E-state index contributed by atoms with van der Waals surface area (Å²) < 4.78 is 0. The van der Waals surface area contributed by atoms with E-state index >= 15 is 0 Å². The highest BCUT2D eigenvalue weighted by Gasteiger charge is 2.45. The molecule has 3 aliphatic rings. The summed E-state index contributed by atoms with van der Waals surface area (Å²) in [4.78, 5) is 63.4. The van der Waals surface area contributed by atoms with Gasteiger partial charge in [0.1, 0.15) is 0 Å². The molecular formula is C22H23N3O5. The van der Waals surface area contributed by atoms with Crippen molar-refractivity contribution in [1.82, 2.24) is 9.80 Å². The second kappa shape index (κ2) is 7.85. The summed E-state index contributed by atoms with van der Waals surface area (Å²) in [6, 6.07) is 4.02. The van der Waals surface area contributed by atoms with Crippen LogP contribution in [0.2, 0.25) is 0 Å². The summed E-state index contributed by atoms with van der Waals surface area (Å²) in [6.45, 7) is 1.38. The van der Waals surface area contributed by atoms with Crippen LogP contribution < -0.4 is 5.32 Å². The Morgan fingerprint density at radius 1 is 1.10 bits per heavy atom. The Hall–Kier alpha value is -3.29. The highest BCUT2D eigenvalue weighted by atomic mass is 16.2. The van der Waals surface area contributed by atoms with E-state index in [1.807, 2.05) is 0 Å². The molecule has 1 aromatic rings. The first-order valence-electron chi connectivity index (χ1n) is 10.2. The molecule has 1 aliphatic carbocycles. The van der Waals surface area contributed by atoms with Crippen molar-refractivity contribution < 1.29 is 24.0 Å². The molecule has 0 bridgehead atoms. The maximum atomic E-state index is 12.7. The average Bonchev–Trinajstić information content (AvgIpc) is 3.14. The number of hydrogen-bond donors (Lipinski definition) is 1. The number of nitrogens with zero attached hydrogens (tertiary/aromatic N) is 2. The van der Waals surface area contributed by atoms with Crippen LogP contribution in [0.4, 0.5) is 10.5 Å². The van der Waals surface area contributed by atoms with Crippen LogP contribution in [0.3, 0.4) is 0 Å². The van der Waals surface area contributed by atoms with Crippen molar-refractivity contribution in [2.45, 2.75) is 44.9 Å². The second-order valence-electron chi connectivity index (χ2n) is 7.92. The zero-order valence-electron chi connectivity index (χ0n) is 16.8. The number of ketones is 1. The third-order valence-electron chi connectivity index (χ3n) is 5.97. The van der Waals surface area contributed by atoms with Gasteiger partial charge in [0.2, 0.25) is 5.91 Å². The minimum atomic E-state index is -0.975. The van der Waals surface area contributed by atoms with Gasteiger partial charge in [-0.05, 0) is 62.8 Å². The van der Waals surface area contributed by atoms with Gasteiger partial charge < -0.3 is 5.32 Å². The van der Waals surface area contributed by atoms with Crippen LogP contribution in [0.25, 0.3) is 0 Å². The van der Waals surface area contributed by atoms with Crippen LogP contribution >= 0.6 is 0 Å². The molecule has 0 unspecified atom stereocenters. The van der Waals surface area contributed by atoms with Crippen LogP contribution in [0.5, 0.6) is 0 Å². The summed E-state index contributed by atoms with van der Waals surface area (Å²) in [7, 11) is 0. The van der Waals surface area contributed by atoms with Crippen LogP contribution in [-0.2, 0) is 14.4 Å². The van der Waals surface area contributed by atoms with Gasteiger partial charge in [-0.25, -0.2) is 9.69 Å². The molecule has 30 heavy (non-hydrogen) atoms. The third-order valence-corrected chi connectivity index (χ3v) is 5.97. The van der Waals surface area contributed by atoms with Crippen molar-refractivity contribution in [1.29, 1.82) is 0 Å². The van der Waals surface area contributed by atoms with Crippen molar-refractivity contribution in [2.24, 2.45) is 0 Å². The number of hydrogen-bond acceptors (Lipinski definition) is 5. The van der Waals surface area contributed by atoms with Gasteiger partial charge in [0.25, 0.3) is 0 Å². The number of allylic oxidation sites excluding steroid dienone is 1. The molecule has 1 aromatic carbocycles. The minimum absolute atomic E-state index is 0.143. The Morgan fingerprint density at radius 3 is 2.60 bits per heavy atom. The lowest BCUT2D eigenvalue weighted by molar-refractivity contribution is -0.143. The Balaban J connectivity index is 1.44. The molecule has 2 heterocycles. The fourth-order valence-corrected chi connectivity index (χ4v) is 4.10. The minimum Gasteiger partial charge on any atom is -0.325 e. The topological polar surface area (TPSA) is 104 Å². The molecule has 1 fully saturated rings. The van der Waals surface area contributed by atoms with E-state index < -0.39 is 30.2 Å². The number of fused-ring (bicyclic) bond motifs is 1. The SMILES string of the molecule is C[C@H]1C(=O)Nc2ccc(C(=O)CN3C(=O)C(=O)N(CCC4=CCCCC4)C3=O)cc21. The lowest BCUT2D eigenvalue weighted by Gasteiger charge is -2.17. The van der Waals surface area contributed by atoms with Gasteiger partial charge in [-0.3, -0.25) is 24.1 Å². The van der Waals surface area contributed by atoms with Gasteiger partial charge in [-0.1, -0.05) is 11.6 Å². The van der Waals surface area contributed by atoms with Crippen molar-refractivity contribution >= 4 is 35.2 Å². The Labute approximate surface area is 173 Å². The van der Waals surface area contributed by atoms with E-state index in [0.717, 1.165) is 30.6 Å². The molecule has 8 nitrogen and oxygen atoms in total. The van der Waals surface area contributed by atoms with Crippen molar-refractivity contribution in [3.63, 3.8) is 0 Å².